The van der Waals surface area contributed by atoms with E-state index in [0.29, 0.717) is 11.3 Å². The van der Waals surface area contributed by atoms with Crippen LogP contribution in [-0.4, -0.2) is 44.8 Å². The van der Waals surface area contributed by atoms with Crippen LogP contribution in [0.4, 0.5) is 5.69 Å². The van der Waals surface area contributed by atoms with Gasteiger partial charge in [0, 0.05) is 11.3 Å². The normalized spacial score (nSPS) is 14.5. The van der Waals surface area contributed by atoms with E-state index in [0.717, 1.165) is 44.8 Å². The van der Waals surface area contributed by atoms with Gasteiger partial charge in [0.05, 0.1) is 18.8 Å². The highest BCUT2D eigenvalue weighted by atomic mass is 16.5. The lowest BCUT2D eigenvalue weighted by atomic mass is 10.1. The molecule has 1 aliphatic rings. The number of nitrogens with one attached hydrogen (secondary N) is 2. The first-order valence-corrected chi connectivity index (χ1v) is 9.70. The number of ether oxygens (including phenoxy) is 2. The summed E-state index contributed by atoms with van der Waals surface area (Å²) in [5.74, 6) is -0.850. The van der Waals surface area contributed by atoms with Crippen molar-refractivity contribution in [1.29, 1.82) is 0 Å². The van der Waals surface area contributed by atoms with Crippen molar-refractivity contribution in [1.82, 2.24) is 0 Å². The summed E-state index contributed by atoms with van der Waals surface area (Å²) in [5.41, 5.74) is 3.45. The molecule has 6 heteroatoms. The van der Waals surface area contributed by atoms with Crippen LogP contribution in [0.2, 0.25) is 0 Å². The lowest BCUT2D eigenvalue weighted by Crippen LogP contribution is -3.12. The Morgan fingerprint density at radius 3 is 2.54 bits per heavy atom. The molecule has 0 saturated carbocycles. The van der Waals surface area contributed by atoms with Crippen LogP contribution in [0.1, 0.15) is 28.4 Å². The number of morpholine rings is 1. The molecule has 1 saturated heterocycles. The average molecular weight is 383 g/mol. The van der Waals surface area contributed by atoms with Crippen molar-refractivity contribution in [3.63, 3.8) is 0 Å². The maximum atomic E-state index is 12.2. The van der Waals surface area contributed by atoms with Crippen LogP contribution in [-0.2, 0) is 27.2 Å². The third kappa shape index (κ3) is 5.90. The largest absolute Gasteiger partial charge is 0.452 e. The molecule has 28 heavy (non-hydrogen) atoms. The van der Waals surface area contributed by atoms with Crippen molar-refractivity contribution >= 4 is 17.6 Å². The van der Waals surface area contributed by atoms with Gasteiger partial charge in [0.2, 0.25) is 0 Å². The van der Waals surface area contributed by atoms with Crippen molar-refractivity contribution in [2.45, 2.75) is 19.9 Å². The van der Waals surface area contributed by atoms with Gasteiger partial charge < -0.3 is 19.7 Å². The van der Waals surface area contributed by atoms with Gasteiger partial charge in [-0.05, 0) is 36.2 Å². The molecule has 0 radical (unpaired) electrons. The zero-order valence-electron chi connectivity index (χ0n) is 16.2. The molecule has 1 heterocycles. The first-order chi connectivity index (χ1) is 13.6. The van der Waals surface area contributed by atoms with Gasteiger partial charge >= 0.3 is 5.97 Å². The van der Waals surface area contributed by atoms with Crippen LogP contribution < -0.4 is 10.2 Å². The van der Waals surface area contributed by atoms with Gasteiger partial charge in [-0.15, -0.1) is 0 Å². The number of rotatable bonds is 7. The summed E-state index contributed by atoms with van der Waals surface area (Å²) in [6.45, 7) is 6.25. The Kier molecular flexibility index (Phi) is 7.17. The van der Waals surface area contributed by atoms with Gasteiger partial charge in [-0.2, -0.15) is 0 Å². The summed E-state index contributed by atoms with van der Waals surface area (Å²) in [6.07, 6.45) is 0.891. The van der Waals surface area contributed by atoms with Gasteiger partial charge in [0.15, 0.2) is 6.61 Å². The second kappa shape index (κ2) is 10.0. The van der Waals surface area contributed by atoms with Crippen LogP contribution in [0.5, 0.6) is 0 Å². The van der Waals surface area contributed by atoms with Crippen molar-refractivity contribution < 1.29 is 24.0 Å². The Labute approximate surface area is 165 Å². The summed E-state index contributed by atoms with van der Waals surface area (Å²) in [7, 11) is 0. The lowest BCUT2D eigenvalue weighted by Gasteiger charge is -2.23. The van der Waals surface area contributed by atoms with Crippen molar-refractivity contribution in [2.24, 2.45) is 0 Å². The Morgan fingerprint density at radius 2 is 1.82 bits per heavy atom. The molecule has 0 spiro atoms. The minimum atomic E-state index is -0.497. The Bertz CT molecular complexity index is 798. The van der Waals surface area contributed by atoms with Crippen molar-refractivity contribution in [3.05, 3.63) is 65.2 Å². The molecule has 0 aliphatic carbocycles. The van der Waals surface area contributed by atoms with E-state index in [1.165, 1.54) is 10.5 Å². The predicted octanol–water partition coefficient (Wildman–Crippen LogP) is 1.46. The maximum Gasteiger partial charge on any atom is 0.338 e. The number of benzene rings is 2. The Balaban J connectivity index is 1.46. The summed E-state index contributed by atoms with van der Waals surface area (Å²) in [6, 6.07) is 15.0. The smallest absolute Gasteiger partial charge is 0.338 e. The number of hydrogen-bond acceptors (Lipinski definition) is 4. The number of hydrogen-bond donors (Lipinski definition) is 2. The van der Waals surface area contributed by atoms with E-state index in [-0.39, 0.29) is 12.5 Å². The SMILES string of the molecule is CCc1cccc(NC(=O)COC(=O)c2ccc(C[NH+]3CCOCC3)cc2)c1. The van der Waals surface area contributed by atoms with Crippen LogP contribution in [0, 0.1) is 0 Å². The molecule has 1 aliphatic heterocycles. The lowest BCUT2D eigenvalue weighted by molar-refractivity contribution is -0.921. The second-order valence-electron chi connectivity index (χ2n) is 6.91. The fourth-order valence-corrected chi connectivity index (χ4v) is 3.16. The molecule has 0 unspecified atom stereocenters. The summed E-state index contributed by atoms with van der Waals surface area (Å²) >= 11 is 0. The number of esters is 1. The fourth-order valence-electron chi connectivity index (χ4n) is 3.16. The first kappa shape index (κ1) is 20.0. The van der Waals surface area contributed by atoms with Crippen LogP contribution in [0.3, 0.4) is 0 Å². The minimum Gasteiger partial charge on any atom is -0.452 e. The summed E-state index contributed by atoms with van der Waals surface area (Å²) in [4.78, 5) is 25.7. The number of amides is 1. The molecule has 0 atom stereocenters. The molecule has 6 nitrogen and oxygen atoms in total. The molecule has 0 bridgehead atoms. The third-order valence-electron chi connectivity index (χ3n) is 4.80. The van der Waals surface area contributed by atoms with E-state index in [2.05, 4.69) is 12.2 Å². The molecule has 0 aromatic heterocycles. The average Bonchev–Trinajstić information content (AvgIpc) is 2.73. The molecule has 1 amide bonds. The molecule has 2 aromatic carbocycles. The van der Waals surface area contributed by atoms with Gasteiger partial charge in [0.25, 0.3) is 5.91 Å². The zero-order valence-corrected chi connectivity index (χ0v) is 16.2. The van der Waals surface area contributed by atoms with Crippen molar-refractivity contribution in [2.75, 3.05) is 38.2 Å². The highest BCUT2D eigenvalue weighted by Crippen LogP contribution is 2.11. The molecule has 1 fully saturated rings. The minimum absolute atomic E-state index is 0.311. The summed E-state index contributed by atoms with van der Waals surface area (Å²) < 4.78 is 10.5. The van der Waals surface area contributed by atoms with Crippen LogP contribution in [0.15, 0.2) is 48.5 Å². The summed E-state index contributed by atoms with van der Waals surface area (Å²) in [5, 5.41) is 2.75. The quantitative estimate of drug-likeness (QED) is 0.711. The number of carbonyl (C=O) groups is 2. The highest BCUT2D eigenvalue weighted by molar-refractivity contribution is 5.95. The van der Waals surface area contributed by atoms with Crippen molar-refractivity contribution in [3.8, 4) is 0 Å². The molecular formula is C22H27N2O4+. The monoisotopic (exact) mass is 383 g/mol. The van der Waals surface area contributed by atoms with E-state index in [1.54, 1.807) is 12.1 Å². The Morgan fingerprint density at radius 1 is 1.07 bits per heavy atom. The van der Waals surface area contributed by atoms with Gasteiger partial charge in [-0.3, -0.25) is 4.79 Å². The van der Waals surface area contributed by atoms with E-state index in [9.17, 15) is 9.59 Å². The molecule has 3 rings (SSSR count). The predicted molar refractivity (Wildman–Crippen MR) is 106 cm³/mol. The van der Waals surface area contributed by atoms with E-state index >= 15 is 0 Å². The standard InChI is InChI=1S/C22H26N2O4/c1-2-17-4-3-5-20(14-17)23-21(25)16-28-22(26)19-8-6-18(7-9-19)15-24-10-12-27-13-11-24/h3-9,14H,2,10-13,15-16H2,1H3,(H,23,25)/p+1. The van der Waals surface area contributed by atoms with E-state index in [1.807, 2.05) is 36.4 Å². The molecular weight excluding hydrogens is 356 g/mol. The zero-order chi connectivity index (χ0) is 19.8. The van der Waals surface area contributed by atoms with Gasteiger partial charge in [-0.1, -0.05) is 31.2 Å². The number of carbonyl (C=O) groups excluding carboxylic acids is 2. The van der Waals surface area contributed by atoms with Gasteiger partial charge in [0.1, 0.15) is 19.6 Å². The molecule has 148 valence electrons. The van der Waals surface area contributed by atoms with E-state index in [4.69, 9.17) is 9.47 Å². The van der Waals surface area contributed by atoms with Crippen LogP contribution in [0.25, 0.3) is 0 Å². The van der Waals surface area contributed by atoms with E-state index < -0.39 is 5.97 Å². The molecule has 2 N–H and O–H groups in total. The number of quaternary nitrogens is 1. The Hall–Kier alpha value is -2.70. The van der Waals surface area contributed by atoms with Crippen LogP contribution >= 0.6 is 0 Å². The third-order valence-corrected chi connectivity index (χ3v) is 4.80. The second-order valence-corrected chi connectivity index (χ2v) is 6.91. The fraction of sp³-hybridized carbons (Fsp3) is 0.364. The maximum absolute atomic E-state index is 12.2. The molecule has 2 aromatic rings. The number of anilines is 1. The highest BCUT2D eigenvalue weighted by Gasteiger charge is 2.15. The first-order valence-electron chi connectivity index (χ1n) is 9.70. The van der Waals surface area contributed by atoms with Gasteiger partial charge in [-0.25, -0.2) is 4.79 Å². The number of aryl methyl sites for hydroxylation is 1. The topological polar surface area (TPSA) is 69.1 Å².